The van der Waals surface area contributed by atoms with Gasteiger partial charge in [0.2, 0.25) is 0 Å². The first-order valence-electron chi connectivity index (χ1n) is 5.30. The Bertz CT molecular complexity index is 695. The highest BCUT2D eigenvalue weighted by Crippen LogP contribution is 2.25. The number of rotatable bonds is 3. The molecule has 0 aliphatic heterocycles. The number of hydrogen-bond donors (Lipinski definition) is 0. The van der Waals surface area contributed by atoms with E-state index in [1.165, 1.54) is 24.2 Å². The van der Waals surface area contributed by atoms with Crippen LogP contribution < -0.4 is 10.3 Å². The van der Waals surface area contributed by atoms with Crippen LogP contribution in [-0.4, -0.2) is 16.7 Å². The normalized spacial score (nSPS) is 10.3. The van der Waals surface area contributed by atoms with Crippen LogP contribution in [0.15, 0.2) is 42.1 Å². The number of methoxy groups -OCH3 is 1. The Hall–Kier alpha value is -1.78. The van der Waals surface area contributed by atoms with Crippen molar-refractivity contribution in [1.29, 1.82) is 0 Å². The molecule has 0 saturated heterocycles. The summed E-state index contributed by atoms with van der Waals surface area (Å²) in [5.41, 5.74) is 0.383. The van der Waals surface area contributed by atoms with Crippen LogP contribution in [0.25, 0.3) is 10.7 Å². The summed E-state index contributed by atoms with van der Waals surface area (Å²) < 4.78 is 6.52. The van der Waals surface area contributed by atoms with Gasteiger partial charge < -0.3 is 4.74 Å². The molecule has 0 N–H and O–H groups in total. The van der Waals surface area contributed by atoms with Crippen molar-refractivity contribution in [3.63, 3.8) is 0 Å². The number of benzene rings is 1. The van der Waals surface area contributed by atoms with Crippen LogP contribution in [0.2, 0.25) is 5.02 Å². The third kappa shape index (κ3) is 2.64. The number of hydrogen-bond acceptors (Lipinski definition) is 3. The van der Waals surface area contributed by atoms with E-state index in [2.05, 4.69) is 11.6 Å². The lowest BCUT2D eigenvalue weighted by atomic mass is 10.2. The summed E-state index contributed by atoms with van der Waals surface area (Å²) in [4.78, 5) is 16.2. The molecule has 1 heterocycles. The van der Waals surface area contributed by atoms with Gasteiger partial charge in [-0.15, -0.1) is 0 Å². The second-order valence-corrected chi connectivity index (χ2v) is 4.60. The highest BCUT2D eigenvalue weighted by Gasteiger charge is 2.11. The minimum absolute atomic E-state index is 0.132. The first kappa shape index (κ1) is 13.6. The smallest absolute Gasteiger partial charge is 0.266 e. The third-order valence-electron chi connectivity index (χ3n) is 2.53. The molecule has 4 nitrogen and oxygen atoms in total. The summed E-state index contributed by atoms with van der Waals surface area (Å²) in [6, 6.07) is 4.96. The summed E-state index contributed by atoms with van der Waals surface area (Å²) in [6.07, 6.45) is 2.74. The summed E-state index contributed by atoms with van der Waals surface area (Å²) in [7, 11) is 1.51. The maximum Gasteiger partial charge on any atom is 0.266 e. The minimum atomic E-state index is -0.337. The van der Waals surface area contributed by atoms with Gasteiger partial charge in [0.15, 0.2) is 0 Å². The maximum atomic E-state index is 12.3. The third-order valence-corrected chi connectivity index (χ3v) is 2.97. The van der Waals surface area contributed by atoms with E-state index in [0.717, 1.165) is 0 Å². The van der Waals surface area contributed by atoms with Gasteiger partial charge in [-0.1, -0.05) is 29.8 Å². The van der Waals surface area contributed by atoms with Gasteiger partial charge in [0.1, 0.15) is 12.1 Å². The Kier molecular flexibility index (Phi) is 3.93. The molecule has 0 fully saturated rings. The topological polar surface area (TPSA) is 44.1 Å². The fourth-order valence-corrected chi connectivity index (χ4v) is 1.92. The van der Waals surface area contributed by atoms with Crippen molar-refractivity contribution in [1.82, 2.24) is 9.55 Å². The second kappa shape index (κ2) is 5.47. The van der Waals surface area contributed by atoms with Crippen LogP contribution in [0.1, 0.15) is 5.56 Å². The molecule has 19 heavy (non-hydrogen) atoms. The van der Waals surface area contributed by atoms with Crippen molar-refractivity contribution in [2.45, 2.75) is 0 Å². The fourth-order valence-electron chi connectivity index (χ4n) is 1.62. The molecule has 1 aromatic heterocycles. The van der Waals surface area contributed by atoms with Crippen molar-refractivity contribution in [2.24, 2.45) is 0 Å². The minimum Gasteiger partial charge on any atom is -0.495 e. The second-order valence-electron chi connectivity index (χ2n) is 3.70. The first-order valence-corrected chi connectivity index (χ1v) is 6.05. The molecule has 0 aliphatic carbocycles. The van der Waals surface area contributed by atoms with Gasteiger partial charge in [-0.2, -0.15) is 0 Å². The zero-order chi connectivity index (χ0) is 14.0. The van der Waals surface area contributed by atoms with Crippen LogP contribution in [0.3, 0.4) is 0 Å². The summed E-state index contributed by atoms with van der Waals surface area (Å²) in [5, 5.41) is 0.616. The van der Waals surface area contributed by atoms with Gasteiger partial charge in [0.05, 0.1) is 18.4 Å². The molecule has 0 spiro atoms. The molecule has 1 aromatic carbocycles. The first-order chi connectivity index (χ1) is 9.04. The largest absolute Gasteiger partial charge is 0.495 e. The van der Waals surface area contributed by atoms with Crippen molar-refractivity contribution in [3.05, 3.63) is 58.2 Å². The van der Waals surface area contributed by atoms with E-state index < -0.39 is 0 Å². The van der Waals surface area contributed by atoms with Gasteiger partial charge in [-0.3, -0.25) is 9.36 Å². The van der Waals surface area contributed by atoms with Gasteiger partial charge in [-0.25, -0.2) is 4.98 Å². The Morgan fingerprint density at radius 2 is 2.21 bits per heavy atom. The molecule has 0 amide bonds. The lowest BCUT2D eigenvalue weighted by molar-refractivity contribution is 0.412. The monoisotopic (exact) mass is 296 g/mol. The Balaban J connectivity index is 2.72. The zero-order valence-corrected chi connectivity index (χ0v) is 11.6. The molecule has 0 aliphatic rings. The molecule has 0 atom stereocenters. The average Bonchev–Trinajstić information content (AvgIpc) is 2.38. The number of nitrogens with zero attached hydrogens (tertiary/aromatic N) is 2. The highest BCUT2D eigenvalue weighted by atomic mass is 35.5. The van der Waals surface area contributed by atoms with E-state index in [1.54, 1.807) is 18.2 Å². The van der Waals surface area contributed by atoms with E-state index in [4.69, 9.17) is 27.9 Å². The number of aromatic nitrogens is 2. The fraction of sp³-hybridized carbons (Fsp3) is 0.0769. The van der Waals surface area contributed by atoms with Crippen molar-refractivity contribution in [3.8, 4) is 11.4 Å². The number of ether oxygens (including phenoxy) is 1. The predicted octanol–water partition coefficient (Wildman–Crippen LogP) is 3.10. The SMILES string of the molecule is C=C(Cl)c1cncn(-c2cc(Cl)ccc2OC)c1=O. The Morgan fingerprint density at radius 1 is 1.47 bits per heavy atom. The molecule has 0 saturated carbocycles. The lowest BCUT2D eigenvalue weighted by Crippen LogP contribution is -2.21. The summed E-state index contributed by atoms with van der Waals surface area (Å²) >= 11 is 11.7. The van der Waals surface area contributed by atoms with E-state index in [1.807, 2.05) is 0 Å². The average molecular weight is 297 g/mol. The van der Waals surface area contributed by atoms with Gasteiger partial charge in [0, 0.05) is 16.3 Å². The summed E-state index contributed by atoms with van der Waals surface area (Å²) in [5.74, 6) is 0.505. The van der Waals surface area contributed by atoms with Crippen LogP contribution in [0.4, 0.5) is 0 Å². The molecule has 0 unspecified atom stereocenters. The van der Waals surface area contributed by atoms with E-state index in [9.17, 15) is 4.79 Å². The van der Waals surface area contributed by atoms with Gasteiger partial charge in [0.25, 0.3) is 5.56 Å². The standard InChI is InChI=1S/C13H10Cl2N2O2/c1-8(14)10-6-16-7-17(13(10)18)11-5-9(15)3-4-12(11)19-2/h3-7H,1H2,2H3. The van der Waals surface area contributed by atoms with E-state index in [0.29, 0.717) is 16.5 Å². The van der Waals surface area contributed by atoms with Crippen molar-refractivity contribution < 1.29 is 4.74 Å². The maximum absolute atomic E-state index is 12.3. The molecule has 2 aromatic rings. The van der Waals surface area contributed by atoms with Crippen LogP contribution in [-0.2, 0) is 0 Å². The Labute approximate surface area is 119 Å². The molecule has 98 valence electrons. The van der Waals surface area contributed by atoms with E-state index >= 15 is 0 Å². The van der Waals surface area contributed by atoms with E-state index in [-0.39, 0.29) is 16.2 Å². The highest BCUT2D eigenvalue weighted by molar-refractivity contribution is 6.48. The zero-order valence-electron chi connectivity index (χ0n) is 10.1. The van der Waals surface area contributed by atoms with Crippen molar-refractivity contribution >= 4 is 28.2 Å². The Morgan fingerprint density at radius 3 is 2.84 bits per heavy atom. The van der Waals surface area contributed by atoms with Crippen LogP contribution in [0.5, 0.6) is 5.75 Å². The van der Waals surface area contributed by atoms with Gasteiger partial charge in [-0.05, 0) is 18.2 Å². The quantitative estimate of drug-likeness (QED) is 0.874. The predicted molar refractivity (Wildman–Crippen MR) is 76.3 cm³/mol. The van der Waals surface area contributed by atoms with Crippen molar-refractivity contribution in [2.75, 3.05) is 7.11 Å². The summed E-state index contributed by atoms with van der Waals surface area (Å²) in [6.45, 7) is 3.54. The van der Waals surface area contributed by atoms with Crippen LogP contribution in [0, 0.1) is 0 Å². The molecular formula is C13H10Cl2N2O2. The molecular weight excluding hydrogens is 287 g/mol. The number of halogens is 2. The molecule has 0 bridgehead atoms. The van der Waals surface area contributed by atoms with Crippen LogP contribution >= 0.6 is 23.2 Å². The lowest BCUT2D eigenvalue weighted by Gasteiger charge is -2.11. The molecule has 6 heteroatoms. The van der Waals surface area contributed by atoms with Gasteiger partial charge >= 0.3 is 0 Å². The molecule has 0 radical (unpaired) electrons. The molecule has 2 rings (SSSR count).